The van der Waals surface area contributed by atoms with E-state index >= 15 is 0 Å². The van der Waals surface area contributed by atoms with Gasteiger partial charge in [-0.25, -0.2) is 0 Å². The average Bonchev–Trinajstić information content (AvgIpc) is 3.95. The van der Waals surface area contributed by atoms with Gasteiger partial charge < -0.3 is 9.32 Å². The summed E-state index contributed by atoms with van der Waals surface area (Å²) in [5.41, 5.74) is 24.4. The van der Waals surface area contributed by atoms with Crippen molar-refractivity contribution in [2.45, 2.75) is 24.7 Å². The Bertz CT molecular complexity index is 3800. The van der Waals surface area contributed by atoms with Crippen LogP contribution in [0.1, 0.15) is 47.2 Å². The predicted octanol–water partition coefficient (Wildman–Crippen LogP) is 17.0. The molecule has 1 atom stereocenters. The Morgan fingerprint density at radius 2 is 0.833 bits per heavy atom. The lowest BCUT2D eigenvalue weighted by molar-refractivity contribution is 0.660. The van der Waals surface area contributed by atoms with Crippen LogP contribution in [-0.4, -0.2) is 0 Å². The zero-order chi connectivity index (χ0) is 43.7. The number of furan rings is 1. The molecule has 1 heterocycles. The first kappa shape index (κ1) is 37.2. The smallest absolute Gasteiger partial charge is 0.143 e. The first-order chi connectivity index (χ1) is 32.5. The molecule has 1 unspecified atom stereocenters. The molecule has 3 aliphatic rings. The Balaban J connectivity index is 1.08. The average molecular weight is 842 g/mol. The van der Waals surface area contributed by atoms with Crippen molar-refractivity contribution in [1.82, 2.24) is 0 Å². The lowest BCUT2D eigenvalue weighted by Gasteiger charge is -2.36. The summed E-state index contributed by atoms with van der Waals surface area (Å²) in [6.45, 7) is 4.74. The first-order valence-corrected chi connectivity index (χ1v) is 23.1. The maximum absolute atomic E-state index is 6.94. The summed E-state index contributed by atoms with van der Waals surface area (Å²) >= 11 is 0. The van der Waals surface area contributed by atoms with E-state index in [1.807, 2.05) is 0 Å². The van der Waals surface area contributed by atoms with Gasteiger partial charge in [-0.2, -0.15) is 0 Å². The van der Waals surface area contributed by atoms with Gasteiger partial charge in [0.15, 0.2) is 0 Å². The van der Waals surface area contributed by atoms with Gasteiger partial charge in [0.2, 0.25) is 0 Å². The van der Waals surface area contributed by atoms with Crippen LogP contribution in [0.4, 0.5) is 17.1 Å². The van der Waals surface area contributed by atoms with E-state index in [1.54, 1.807) is 0 Å². The standard InChI is InChI=1S/C64H43NO/c1-63(2)54-24-12-8-21-48(54)50-35-33-43(38-58(50)63)65(42-30-28-41(29-31-42)40-16-4-3-5-17-40)44-32-34-49-46-19-7-6-18-45(46)47-20-9-13-25-55(47)64(59(49)39-44)56-26-14-10-23-53(56)61-57(64)37-36-52-51-22-11-15-27-60(51)66-62(52)61/h3-39H,1-2H3. The summed E-state index contributed by atoms with van der Waals surface area (Å²) < 4.78 is 6.94. The third kappa shape index (κ3) is 4.96. The molecule has 3 aliphatic carbocycles. The SMILES string of the molecule is CC1(C)c2ccccc2-c2ccc(N(c3ccc(-c4ccccc4)cc3)c3ccc4c(c3)C3(c5ccccc5-c5ccccc5-4)c4ccccc4-c4c3ccc3c4oc4ccccc43)cc21. The third-order valence-corrected chi connectivity index (χ3v) is 15.1. The van der Waals surface area contributed by atoms with Gasteiger partial charge in [0.05, 0.1) is 5.41 Å². The van der Waals surface area contributed by atoms with Crippen LogP contribution >= 0.6 is 0 Å². The highest BCUT2D eigenvalue weighted by atomic mass is 16.3. The summed E-state index contributed by atoms with van der Waals surface area (Å²) in [4.78, 5) is 2.48. The van der Waals surface area contributed by atoms with Crippen molar-refractivity contribution < 1.29 is 4.42 Å². The molecule has 1 aromatic heterocycles. The number of hydrogen-bond acceptors (Lipinski definition) is 2. The molecule has 0 bridgehead atoms. The van der Waals surface area contributed by atoms with Crippen LogP contribution in [0.15, 0.2) is 229 Å². The molecule has 0 N–H and O–H groups in total. The molecule has 14 rings (SSSR count). The van der Waals surface area contributed by atoms with Crippen LogP contribution in [0.3, 0.4) is 0 Å². The lowest BCUT2D eigenvalue weighted by atomic mass is 9.65. The number of rotatable bonds is 4. The predicted molar refractivity (Wildman–Crippen MR) is 273 cm³/mol. The molecule has 1 spiro atoms. The van der Waals surface area contributed by atoms with E-state index < -0.39 is 5.41 Å². The van der Waals surface area contributed by atoms with Gasteiger partial charge in [-0.1, -0.05) is 196 Å². The fraction of sp³-hybridized carbons (Fsp3) is 0.0625. The Kier molecular flexibility index (Phi) is 7.70. The number of fused-ring (bicyclic) bond motifs is 19. The Morgan fingerprint density at radius 1 is 0.333 bits per heavy atom. The molecule has 0 amide bonds. The fourth-order valence-electron chi connectivity index (χ4n) is 12.2. The van der Waals surface area contributed by atoms with Gasteiger partial charge in [-0.05, 0) is 126 Å². The Hall–Kier alpha value is -8.20. The molecule has 0 radical (unpaired) electrons. The highest BCUT2D eigenvalue weighted by Crippen LogP contribution is 2.63. The minimum absolute atomic E-state index is 0.157. The van der Waals surface area contributed by atoms with Gasteiger partial charge in [0.1, 0.15) is 11.2 Å². The van der Waals surface area contributed by atoms with E-state index in [1.165, 1.54) is 89.0 Å². The highest BCUT2D eigenvalue weighted by molar-refractivity contribution is 6.13. The lowest BCUT2D eigenvalue weighted by Crippen LogP contribution is -2.29. The minimum atomic E-state index is -0.690. The van der Waals surface area contributed by atoms with Crippen molar-refractivity contribution in [1.29, 1.82) is 0 Å². The summed E-state index contributed by atoms with van der Waals surface area (Å²) in [5, 5.41) is 2.28. The molecule has 2 nitrogen and oxygen atoms in total. The van der Waals surface area contributed by atoms with Crippen LogP contribution in [0.2, 0.25) is 0 Å². The maximum atomic E-state index is 6.94. The normalized spacial score (nSPS) is 15.6. The summed E-state index contributed by atoms with van der Waals surface area (Å²) in [6.07, 6.45) is 0. The number of hydrogen-bond donors (Lipinski definition) is 0. The number of nitrogens with zero attached hydrogens (tertiary/aromatic N) is 1. The quantitative estimate of drug-likeness (QED) is 0.176. The van der Waals surface area contributed by atoms with Crippen molar-refractivity contribution >= 4 is 39.0 Å². The Morgan fingerprint density at radius 3 is 1.55 bits per heavy atom. The topological polar surface area (TPSA) is 16.4 Å². The molecule has 2 heteroatoms. The van der Waals surface area contributed by atoms with Gasteiger partial charge >= 0.3 is 0 Å². The van der Waals surface area contributed by atoms with Crippen molar-refractivity contribution in [2.24, 2.45) is 0 Å². The van der Waals surface area contributed by atoms with Crippen molar-refractivity contribution in [3.63, 3.8) is 0 Å². The van der Waals surface area contributed by atoms with Crippen LogP contribution < -0.4 is 4.90 Å². The van der Waals surface area contributed by atoms with E-state index in [9.17, 15) is 0 Å². The molecule has 310 valence electrons. The van der Waals surface area contributed by atoms with Gasteiger partial charge in [-0.3, -0.25) is 0 Å². The number of anilines is 3. The van der Waals surface area contributed by atoms with Crippen LogP contribution in [0, 0.1) is 0 Å². The second-order valence-corrected chi connectivity index (χ2v) is 18.7. The van der Waals surface area contributed by atoms with Gasteiger partial charge in [0, 0.05) is 38.8 Å². The van der Waals surface area contributed by atoms with E-state index in [0.717, 1.165) is 39.0 Å². The molecule has 0 aliphatic heterocycles. The molecule has 10 aromatic carbocycles. The van der Waals surface area contributed by atoms with Crippen molar-refractivity contribution in [3.8, 4) is 55.6 Å². The van der Waals surface area contributed by atoms with Crippen LogP contribution in [0.25, 0.3) is 77.6 Å². The van der Waals surface area contributed by atoms with E-state index in [0.29, 0.717) is 0 Å². The Labute approximate surface area is 384 Å². The van der Waals surface area contributed by atoms with E-state index in [-0.39, 0.29) is 5.41 Å². The van der Waals surface area contributed by atoms with Crippen LogP contribution in [-0.2, 0) is 10.8 Å². The molecule has 0 saturated heterocycles. The largest absolute Gasteiger partial charge is 0.455 e. The number of benzene rings is 10. The van der Waals surface area contributed by atoms with Gasteiger partial charge in [-0.15, -0.1) is 0 Å². The summed E-state index contributed by atoms with van der Waals surface area (Å²) in [6, 6.07) is 83.5. The fourth-order valence-corrected chi connectivity index (χ4v) is 12.2. The van der Waals surface area contributed by atoms with Gasteiger partial charge in [0.25, 0.3) is 0 Å². The van der Waals surface area contributed by atoms with Crippen molar-refractivity contribution in [2.75, 3.05) is 4.90 Å². The zero-order valence-electron chi connectivity index (χ0n) is 36.7. The van der Waals surface area contributed by atoms with E-state index in [2.05, 4.69) is 243 Å². The second-order valence-electron chi connectivity index (χ2n) is 18.7. The molecule has 0 fully saturated rings. The minimum Gasteiger partial charge on any atom is -0.455 e. The molecular weight excluding hydrogens is 799 g/mol. The zero-order valence-corrected chi connectivity index (χ0v) is 36.7. The highest BCUT2D eigenvalue weighted by Gasteiger charge is 2.51. The third-order valence-electron chi connectivity index (χ3n) is 15.1. The molecular formula is C64H43NO. The van der Waals surface area contributed by atoms with Crippen LogP contribution in [0.5, 0.6) is 0 Å². The summed E-state index contributed by atoms with van der Waals surface area (Å²) in [7, 11) is 0. The molecule has 66 heavy (non-hydrogen) atoms. The first-order valence-electron chi connectivity index (χ1n) is 23.1. The second kappa shape index (κ2) is 13.7. The number of para-hydroxylation sites is 1. The maximum Gasteiger partial charge on any atom is 0.143 e. The summed E-state index contributed by atoms with van der Waals surface area (Å²) in [5.74, 6) is 0. The molecule has 11 aromatic rings. The van der Waals surface area contributed by atoms with E-state index in [4.69, 9.17) is 4.42 Å². The van der Waals surface area contributed by atoms with Crippen molar-refractivity contribution in [3.05, 3.63) is 258 Å². The monoisotopic (exact) mass is 841 g/mol. The molecule has 0 saturated carbocycles.